The summed E-state index contributed by atoms with van der Waals surface area (Å²) in [6, 6.07) is 10.4. The molecule has 45 heavy (non-hydrogen) atoms. The number of nitrogens with two attached hydrogens (primary N) is 2. The average molecular weight is 630 g/mol. The van der Waals surface area contributed by atoms with Gasteiger partial charge >= 0.3 is 12.2 Å². The van der Waals surface area contributed by atoms with Gasteiger partial charge in [-0.3, -0.25) is 14.8 Å². The van der Waals surface area contributed by atoms with Gasteiger partial charge in [-0.05, 0) is 56.0 Å². The highest BCUT2D eigenvalue weighted by Gasteiger charge is 2.52. The third-order valence-electron chi connectivity index (χ3n) is 7.64. The van der Waals surface area contributed by atoms with Gasteiger partial charge in [0.1, 0.15) is 5.54 Å². The molecule has 1 saturated heterocycles. The van der Waals surface area contributed by atoms with Crippen LogP contribution in [0.4, 0.5) is 23.7 Å². The lowest BCUT2D eigenvalue weighted by molar-refractivity contribution is -0.137. The molecule has 0 saturated carbocycles. The molecule has 4 amide bonds. The summed E-state index contributed by atoms with van der Waals surface area (Å²) in [6.45, 7) is 3.64. The van der Waals surface area contributed by atoms with Gasteiger partial charge in [-0.25, -0.2) is 21.0 Å². The fourth-order valence-corrected chi connectivity index (χ4v) is 4.98. The smallest absolute Gasteiger partial charge is 0.397 e. The van der Waals surface area contributed by atoms with Crippen LogP contribution in [0.2, 0.25) is 0 Å². The molecule has 0 spiro atoms. The van der Waals surface area contributed by atoms with E-state index in [9.17, 15) is 27.6 Å². The van der Waals surface area contributed by atoms with Crippen molar-refractivity contribution in [1.29, 1.82) is 5.26 Å². The zero-order chi connectivity index (χ0) is 33.4. The van der Waals surface area contributed by atoms with Crippen LogP contribution in [0.25, 0.3) is 5.70 Å². The van der Waals surface area contributed by atoms with Crippen molar-refractivity contribution >= 4 is 29.2 Å². The van der Waals surface area contributed by atoms with Gasteiger partial charge in [0.2, 0.25) is 5.91 Å². The summed E-state index contributed by atoms with van der Waals surface area (Å²) in [7, 11) is 0. The average Bonchev–Trinajstić information content (AvgIpc) is 3.16. The fourth-order valence-electron chi connectivity index (χ4n) is 4.98. The third-order valence-corrected chi connectivity index (χ3v) is 7.64. The van der Waals surface area contributed by atoms with Crippen molar-refractivity contribution in [2.45, 2.75) is 77.1 Å². The number of urea groups is 1. The highest BCUT2D eigenvalue weighted by molar-refractivity contribution is 6.23. The van der Waals surface area contributed by atoms with Crippen LogP contribution in [0.15, 0.2) is 48.7 Å². The molecule has 0 radical (unpaired) electrons. The zero-order valence-electron chi connectivity index (χ0n) is 25.2. The van der Waals surface area contributed by atoms with E-state index in [1.165, 1.54) is 29.8 Å². The maximum atomic E-state index is 13.5. The Balaban J connectivity index is 1.59. The number of nitriles is 1. The van der Waals surface area contributed by atoms with Crippen LogP contribution in [0.5, 0.6) is 0 Å². The van der Waals surface area contributed by atoms with E-state index in [2.05, 4.69) is 0 Å². The molecule has 0 unspecified atom stereocenters. The van der Waals surface area contributed by atoms with Crippen LogP contribution in [-0.4, -0.2) is 45.0 Å². The zero-order valence-corrected chi connectivity index (χ0v) is 25.2. The summed E-state index contributed by atoms with van der Waals surface area (Å²) in [5.74, 6) is 5.01. The first kappa shape index (κ1) is 34.9. The van der Waals surface area contributed by atoms with Crippen LogP contribution in [0.3, 0.4) is 0 Å². The molecular weight excluding hydrogens is 591 g/mol. The summed E-state index contributed by atoms with van der Waals surface area (Å²) in [5, 5.41) is 19.1. The van der Waals surface area contributed by atoms with Crippen molar-refractivity contribution in [3.8, 4) is 6.07 Å². The van der Waals surface area contributed by atoms with Gasteiger partial charge in [-0.2, -0.15) is 18.4 Å². The van der Waals surface area contributed by atoms with E-state index in [0.29, 0.717) is 40.8 Å². The number of hydrogen-bond acceptors (Lipinski definition) is 8. The summed E-state index contributed by atoms with van der Waals surface area (Å²) in [4.78, 5) is 39.6. The quantitative estimate of drug-likeness (QED) is 0.0745. The van der Waals surface area contributed by atoms with Gasteiger partial charge in [0.25, 0.3) is 5.91 Å². The molecule has 1 aliphatic rings. The van der Waals surface area contributed by atoms with Gasteiger partial charge in [0.05, 0.1) is 28.6 Å². The Morgan fingerprint density at radius 1 is 1.07 bits per heavy atom. The van der Waals surface area contributed by atoms with Crippen LogP contribution in [0, 0.1) is 11.3 Å². The number of halogens is 3. The van der Waals surface area contributed by atoms with Gasteiger partial charge in [-0.15, -0.1) is 0 Å². The second-order valence-corrected chi connectivity index (χ2v) is 11.3. The maximum absolute atomic E-state index is 13.5. The normalized spacial score (nSPS) is 14.9. The van der Waals surface area contributed by atoms with Gasteiger partial charge < -0.3 is 15.6 Å². The predicted octanol–water partition coefficient (Wildman–Crippen LogP) is 4.99. The number of carbonyl (C=O) groups is 3. The molecule has 2 aromatic carbocycles. The van der Waals surface area contributed by atoms with E-state index in [-0.39, 0.29) is 18.1 Å². The minimum absolute atomic E-state index is 0.0119. The Morgan fingerprint density at radius 3 is 2.29 bits per heavy atom. The lowest BCUT2D eigenvalue weighted by Crippen LogP contribution is -2.43. The molecule has 2 aromatic rings. The van der Waals surface area contributed by atoms with Crippen molar-refractivity contribution in [2.75, 3.05) is 11.4 Å². The molecule has 3 rings (SSSR count). The lowest BCUT2D eigenvalue weighted by Gasteiger charge is -2.27. The standard InChI is InChI=1S/C31H38F3N7O4/c1-30(2)28(43)41(24-15-14-23(18-35)25(17-24)31(32,33)34)29(44)40(30)19-21-10-12-22(13-11-21)26(36)20-39(37)16-8-6-4-3-5-7-9-27(42)38-45/h10-15,17,20,45H,3-9,16,19,36-37H2,1-2H3,(H,38,42)/b26-20-. The largest absolute Gasteiger partial charge is 0.417 e. The summed E-state index contributed by atoms with van der Waals surface area (Å²) < 4.78 is 40.6. The molecule has 242 valence electrons. The molecule has 1 heterocycles. The molecule has 0 aliphatic carbocycles. The van der Waals surface area contributed by atoms with Crippen LogP contribution in [-0.2, 0) is 22.3 Å². The number of carbonyl (C=O) groups excluding carboxylic acids is 3. The summed E-state index contributed by atoms with van der Waals surface area (Å²) >= 11 is 0. The number of nitrogens with zero attached hydrogens (tertiary/aromatic N) is 4. The van der Waals surface area contributed by atoms with E-state index in [0.717, 1.165) is 50.7 Å². The van der Waals surface area contributed by atoms with Crippen LogP contribution >= 0.6 is 0 Å². The second-order valence-electron chi connectivity index (χ2n) is 11.3. The number of hydrazine groups is 1. The van der Waals surface area contributed by atoms with E-state index in [1.54, 1.807) is 35.9 Å². The van der Waals surface area contributed by atoms with Crippen molar-refractivity contribution in [3.63, 3.8) is 0 Å². The van der Waals surface area contributed by atoms with Crippen molar-refractivity contribution in [2.24, 2.45) is 11.6 Å². The fraction of sp³-hybridized carbons (Fsp3) is 0.419. The molecule has 1 aliphatic heterocycles. The molecule has 14 heteroatoms. The first-order chi connectivity index (χ1) is 21.2. The van der Waals surface area contributed by atoms with Gasteiger partial charge in [0.15, 0.2) is 0 Å². The molecule has 11 nitrogen and oxygen atoms in total. The van der Waals surface area contributed by atoms with Crippen LogP contribution < -0.4 is 22.0 Å². The van der Waals surface area contributed by atoms with Gasteiger partial charge in [0, 0.05) is 25.7 Å². The molecule has 0 atom stereocenters. The van der Waals surface area contributed by atoms with Crippen molar-refractivity contribution in [3.05, 3.63) is 70.9 Å². The van der Waals surface area contributed by atoms with E-state index >= 15 is 0 Å². The Morgan fingerprint density at radius 2 is 1.69 bits per heavy atom. The number of alkyl halides is 3. The number of unbranched alkanes of at least 4 members (excludes halogenated alkanes) is 5. The van der Waals surface area contributed by atoms with Crippen molar-refractivity contribution in [1.82, 2.24) is 15.4 Å². The minimum atomic E-state index is -4.84. The molecule has 1 fully saturated rings. The number of rotatable bonds is 14. The number of amides is 4. The molecule has 0 aromatic heterocycles. The Bertz CT molecular complexity index is 1450. The van der Waals surface area contributed by atoms with Gasteiger partial charge in [-0.1, -0.05) is 49.9 Å². The Kier molecular flexibility index (Phi) is 11.6. The summed E-state index contributed by atoms with van der Waals surface area (Å²) in [5.41, 5.74) is 6.17. The lowest BCUT2D eigenvalue weighted by atomic mass is 10.0. The molecular formula is C31H38F3N7O4. The summed E-state index contributed by atoms with van der Waals surface area (Å²) in [6.07, 6.45) is 2.50. The minimum Gasteiger partial charge on any atom is -0.397 e. The topological polar surface area (TPSA) is 169 Å². The number of benzene rings is 2. The monoisotopic (exact) mass is 629 g/mol. The van der Waals surface area contributed by atoms with E-state index in [1.807, 2.05) is 0 Å². The highest BCUT2D eigenvalue weighted by atomic mass is 19.4. The Labute approximate surface area is 259 Å². The number of hydroxylamine groups is 1. The van der Waals surface area contributed by atoms with E-state index in [4.69, 9.17) is 22.0 Å². The number of anilines is 1. The van der Waals surface area contributed by atoms with E-state index < -0.39 is 34.8 Å². The highest BCUT2D eigenvalue weighted by Crippen LogP contribution is 2.38. The number of hydrogen-bond donors (Lipinski definition) is 4. The third kappa shape index (κ3) is 8.74. The number of nitrogens with one attached hydrogen (secondary N) is 1. The predicted molar refractivity (Wildman–Crippen MR) is 160 cm³/mol. The molecule has 6 N–H and O–H groups in total. The first-order valence-electron chi connectivity index (χ1n) is 14.5. The van der Waals surface area contributed by atoms with Crippen LogP contribution in [0.1, 0.15) is 81.0 Å². The SMILES string of the molecule is CC1(C)C(=O)N(c2ccc(C#N)c(C(F)(F)F)c2)C(=O)N1Cc1ccc(/C(N)=C/N(N)CCCCCCCCC(=O)NO)cc1. The van der Waals surface area contributed by atoms with Crippen molar-refractivity contribution < 1.29 is 32.8 Å². The second kappa shape index (κ2) is 14.9. The number of imide groups is 1. The first-order valence-corrected chi connectivity index (χ1v) is 14.5. The molecule has 0 bridgehead atoms. The Hall–Kier alpha value is -4.61. The maximum Gasteiger partial charge on any atom is 0.417 e.